The van der Waals surface area contributed by atoms with Crippen LogP contribution in [0.15, 0.2) is 79.0 Å². The predicted molar refractivity (Wildman–Crippen MR) is 215 cm³/mol. The van der Waals surface area contributed by atoms with Gasteiger partial charge in [0.2, 0.25) is 17.7 Å². The first-order valence-electron chi connectivity index (χ1n) is 19.9. The molecule has 4 aliphatic heterocycles. The molecule has 0 aliphatic carbocycles. The van der Waals surface area contributed by atoms with Gasteiger partial charge in [0, 0.05) is 57.9 Å². The molecular weight excluding hydrogens is 758 g/mol. The summed E-state index contributed by atoms with van der Waals surface area (Å²) in [6.07, 6.45) is 3.84. The Bertz CT molecular complexity index is 2480. The maximum absolute atomic E-state index is 14.1. The van der Waals surface area contributed by atoms with Crippen molar-refractivity contribution in [2.24, 2.45) is 0 Å². The number of rotatable bonds is 11. The highest BCUT2D eigenvalue weighted by Gasteiger charge is 2.44. The molecule has 0 spiro atoms. The van der Waals surface area contributed by atoms with Crippen molar-refractivity contribution in [2.75, 3.05) is 67.5 Å². The lowest BCUT2D eigenvalue weighted by Gasteiger charge is -2.35. The summed E-state index contributed by atoms with van der Waals surface area (Å²) in [5.74, 6) is -0.932. The average molecular weight is 800 g/mol. The predicted octanol–water partition coefficient (Wildman–Crippen LogP) is 3.02. The maximum atomic E-state index is 14.1. The molecule has 2 aromatic carbocycles. The first kappa shape index (κ1) is 37.8. The first-order valence-corrected chi connectivity index (χ1v) is 19.9. The Kier molecular flexibility index (Phi) is 10.2. The lowest BCUT2D eigenvalue weighted by atomic mass is 10.0. The Morgan fingerprint density at radius 3 is 2.49 bits per heavy atom. The minimum absolute atomic E-state index is 0.0417. The van der Waals surface area contributed by atoms with Crippen LogP contribution in [0.25, 0.3) is 17.0 Å². The van der Waals surface area contributed by atoms with Crippen molar-refractivity contribution in [3.63, 3.8) is 0 Å². The second-order valence-corrected chi connectivity index (χ2v) is 15.1. The number of hydrogen-bond donors (Lipinski definition) is 3. The van der Waals surface area contributed by atoms with E-state index >= 15 is 0 Å². The summed E-state index contributed by atoms with van der Waals surface area (Å²) in [7, 11) is 0. The zero-order valence-corrected chi connectivity index (χ0v) is 32.1. The molecule has 302 valence electrons. The summed E-state index contributed by atoms with van der Waals surface area (Å²) in [5, 5.41) is 13.3. The van der Waals surface area contributed by atoms with Crippen molar-refractivity contribution in [2.45, 2.75) is 37.8 Å². The van der Waals surface area contributed by atoms with Gasteiger partial charge in [-0.3, -0.25) is 39.1 Å². The maximum Gasteiger partial charge on any atom is 0.262 e. The third-order valence-electron chi connectivity index (χ3n) is 11.4. The third kappa shape index (κ3) is 7.56. The monoisotopic (exact) mass is 799 g/mol. The fraction of sp³-hybridized carbons (Fsp3) is 0.333. The SMILES string of the molecule is O=C(CN1CCN(c2cccc(-c3cnc4ccc(N5CCC[C@@H]5c5cccc(F)c5)nn34)n2)CC1)NCCNc1ccc2c(c1)C(=O)N(C1CCC(=O)NC1=O)C2=O. The van der Waals surface area contributed by atoms with Crippen molar-refractivity contribution in [3.8, 4) is 11.4 Å². The van der Waals surface area contributed by atoms with E-state index in [2.05, 4.69) is 35.6 Å². The molecule has 17 heteroatoms. The summed E-state index contributed by atoms with van der Waals surface area (Å²) in [5.41, 5.74) is 4.15. The number of piperazine rings is 1. The largest absolute Gasteiger partial charge is 0.383 e. The zero-order chi connectivity index (χ0) is 40.6. The van der Waals surface area contributed by atoms with Gasteiger partial charge in [0.1, 0.15) is 29.2 Å². The van der Waals surface area contributed by atoms with Gasteiger partial charge in [-0.1, -0.05) is 18.2 Å². The van der Waals surface area contributed by atoms with E-state index in [0.29, 0.717) is 50.6 Å². The Hall–Kier alpha value is -6.75. The molecule has 3 N–H and O–H groups in total. The third-order valence-corrected chi connectivity index (χ3v) is 11.4. The normalized spacial score (nSPS) is 19.7. The highest BCUT2D eigenvalue weighted by atomic mass is 19.1. The molecule has 9 rings (SSSR count). The van der Waals surface area contributed by atoms with Crippen LogP contribution in [-0.4, -0.2) is 117 Å². The van der Waals surface area contributed by atoms with E-state index in [-0.39, 0.29) is 48.3 Å². The van der Waals surface area contributed by atoms with Crippen LogP contribution in [0.5, 0.6) is 0 Å². The molecule has 7 heterocycles. The molecule has 59 heavy (non-hydrogen) atoms. The molecular formula is C42H42FN11O5. The lowest BCUT2D eigenvalue weighted by Crippen LogP contribution is -2.54. The van der Waals surface area contributed by atoms with E-state index in [4.69, 9.17) is 10.1 Å². The van der Waals surface area contributed by atoms with Crippen LogP contribution >= 0.6 is 0 Å². The molecule has 5 aromatic rings. The van der Waals surface area contributed by atoms with Crippen LogP contribution in [0.4, 0.5) is 21.7 Å². The Morgan fingerprint density at radius 1 is 0.831 bits per heavy atom. The number of anilines is 3. The van der Waals surface area contributed by atoms with Crippen LogP contribution in [0.2, 0.25) is 0 Å². The zero-order valence-electron chi connectivity index (χ0n) is 32.1. The van der Waals surface area contributed by atoms with Crippen molar-refractivity contribution >= 4 is 52.5 Å². The van der Waals surface area contributed by atoms with Crippen molar-refractivity contribution in [3.05, 3.63) is 102 Å². The standard InChI is InChI=1S/C42H42FN11O5/c43-27-5-1-4-26(22-27)32-7-3-17-52(32)37-13-12-35-46-24-34(54(35)49-37)31-6-2-8-36(47-31)51-20-18-50(19-21-51)25-39(56)45-16-15-44-28-9-10-29-30(23-28)42(59)53(41(29)58)33-11-14-38(55)48-40(33)57/h1-2,4-6,8-10,12-13,22-24,32-33,44H,3,7,11,14-21,25H2,(H,45,56)(H,48,55,57)/t32-,33?/m1/s1. The van der Waals surface area contributed by atoms with E-state index in [1.165, 1.54) is 6.07 Å². The molecule has 3 saturated heterocycles. The van der Waals surface area contributed by atoms with Crippen molar-refractivity contribution < 1.29 is 28.4 Å². The number of imidazole rings is 1. The molecule has 0 bridgehead atoms. The highest BCUT2D eigenvalue weighted by molar-refractivity contribution is 6.23. The quantitative estimate of drug-likeness (QED) is 0.132. The van der Waals surface area contributed by atoms with E-state index < -0.39 is 29.7 Å². The second-order valence-electron chi connectivity index (χ2n) is 15.1. The summed E-state index contributed by atoms with van der Waals surface area (Å²) in [6, 6.07) is 20.4. The summed E-state index contributed by atoms with van der Waals surface area (Å²) >= 11 is 0. The fourth-order valence-corrected chi connectivity index (χ4v) is 8.42. The number of carbonyl (C=O) groups is 5. The number of hydrogen-bond acceptors (Lipinski definition) is 12. The number of carbonyl (C=O) groups excluding carboxylic acids is 5. The summed E-state index contributed by atoms with van der Waals surface area (Å²) in [6.45, 7) is 4.54. The lowest BCUT2D eigenvalue weighted by molar-refractivity contribution is -0.136. The van der Waals surface area contributed by atoms with E-state index in [1.807, 2.05) is 40.9 Å². The molecule has 3 fully saturated rings. The van der Waals surface area contributed by atoms with Gasteiger partial charge in [-0.15, -0.1) is 5.10 Å². The van der Waals surface area contributed by atoms with Crippen LogP contribution in [0.1, 0.15) is 58.0 Å². The summed E-state index contributed by atoms with van der Waals surface area (Å²) in [4.78, 5) is 79.9. The number of nitrogens with zero attached hydrogens (tertiary/aromatic N) is 8. The van der Waals surface area contributed by atoms with Gasteiger partial charge in [-0.25, -0.2) is 18.9 Å². The number of aromatic nitrogens is 4. The van der Waals surface area contributed by atoms with E-state index in [9.17, 15) is 28.4 Å². The number of imide groups is 2. The van der Waals surface area contributed by atoms with Crippen LogP contribution in [0.3, 0.4) is 0 Å². The van der Waals surface area contributed by atoms with Crippen LogP contribution < -0.4 is 25.8 Å². The van der Waals surface area contributed by atoms with Gasteiger partial charge >= 0.3 is 0 Å². The fourth-order valence-electron chi connectivity index (χ4n) is 8.42. The van der Waals surface area contributed by atoms with Gasteiger partial charge in [0.15, 0.2) is 5.65 Å². The Balaban J connectivity index is 0.759. The van der Waals surface area contributed by atoms with Crippen LogP contribution in [-0.2, 0) is 14.4 Å². The first-order chi connectivity index (χ1) is 28.7. The number of amides is 5. The van der Waals surface area contributed by atoms with Crippen molar-refractivity contribution in [1.29, 1.82) is 0 Å². The minimum atomic E-state index is -1.02. The van der Waals surface area contributed by atoms with Gasteiger partial charge in [-0.2, -0.15) is 0 Å². The van der Waals surface area contributed by atoms with Gasteiger partial charge in [0.05, 0.1) is 35.6 Å². The molecule has 2 atom stereocenters. The highest BCUT2D eigenvalue weighted by Crippen LogP contribution is 2.36. The van der Waals surface area contributed by atoms with Gasteiger partial charge < -0.3 is 20.4 Å². The molecule has 3 aromatic heterocycles. The molecule has 0 radical (unpaired) electrons. The summed E-state index contributed by atoms with van der Waals surface area (Å²) < 4.78 is 15.9. The Labute approximate surface area is 338 Å². The van der Waals surface area contributed by atoms with Crippen LogP contribution in [0, 0.1) is 5.82 Å². The smallest absolute Gasteiger partial charge is 0.262 e. The molecule has 1 unspecified atom stereocenters. The number of benzene rings is 2. The number of pyridine rings is 1. The molecule has 4 aliphatic rings. The number of nitrogens with one attached hydrogen (secondary N) is 3. The second kappa shape index (κ2) is 15.9. The number of halogens is 1. The average Bonchev–Trinajstić information content (AvgIpc) is 3.97. The van der Waals surface area contributed by atoms with E-state index in [0.717, 1.165) is 52.9 Å². The number of fused-ring (bicyclic) bond motifs is 2. The Morgan fingerprint density at radius 2 is 1.66 bits per heavy atom. The van der Waals surface area contributed by atoms with Gasteiger partial charge in [-0.05, 0) is 79.4 Å². The molecule has 5 amide bonds. The van der Waals surface area contributed by atoms with Gasteiger partial charge in [0.25, 0.3) is 11.8 Å². The van der Waals surface area contributed by atoms with Crippen molar-refractivity contribution in [1.82, 2.24) is 40.0 Å². The molecule has 0 saturated carbocycles. The minimum Gasteiger partial charge on any atom is -0.383 e. The number of piperidine rings is 1. The molecule has 16 nitrogen and oxygen atoms in total. The van der Waals surface area contributed by atoms with E-state index in [1.54, 1.807) is 36.5 Å². The topological polar surface area (TPSA) is 177 Å².